The van der Waals surface area contributed by atoms with Crippen molar-refractivity contribution < 1.29 is 14.3 Å². The Morgan fingerprint density at radius 1 is 1.30 bits per heavy atom. The number of methoxy groups -OCH3 is 1. The van der Waals surface area contributed by atoms with Gasteiger partial charge in [0.25, 0.3) is 0 Å². The fraction of sp³-hybridized carbons (Fsp3) is 0.615. The second-order valence-electron chi connectivity index (χ2n) is 5.71. The van der Waals surface area contributed by atoms with E-state index in [1.165, 1.54) is 18.4 Å². The molecule has 1 rings (SSSR count). The molecule has 0 aliphatic rings. The lowest BCUT2D eigenvalue weighted by molar-refractivity contribution is 0.0593. The Labute approximate surface area is 122 Å². The number of hydrogen-bond donors (Lipinski definition) is 2. The number of anilines is 1. The molecule has 2 N–H and O–H groups in total. The van der Waals surface area contributed by atoms with E-state index in [1.807, 2.05) is 34.6 Å². The Morgan fingerprint density at radius 2 is 1.90 bits per heavy atom. The average molecular weight is 299 g/mol. The molecule has 0 bridgehead atoms. The molecule has 0 saturated carbocycles. The van der Waals surface area contributed by atoms with Gasteiger partial charge in [0.15, 0.2) is 10.8 Å². The second kappa shape index (κ2) is 6.21. The molecule has 0 atom stereocenters. The van der Waals surface area contributed by atoms with Crippen LogP contribution in [0.1, 0.15) is 55.9 Å². The van der Waals surface area contributed by atoms with Gasteiger partial charge in [-0.3, -0.25) is 5.32 Å². The van der Waals surface area contributed by atoms with Gasteiger partial charge in [-0.25, -0.2) is 14.6 Å². The first-order valence-electron chi connectivity index (χ1n) is 6.32. The van der Waals surface area contributed by atoms with Crippen LogP contribution in [0.2, 0.25) is 0 Å². The molecular weight excluding hydrogens is 278 g/mol. The van der Waals surface area contributed by atoms with E-state index in [2.05, 4.69) is 15.6 Å². The summed E-state index contributed by atoms with van der Waals surface area (Å²) in [6.07, 6.45) is 0. The van der Waals surface area contributed by atoms with Gasteiger partial charge < -0.3 is 10.1 Å². The smallest absolute Gasteiger partial charge is 0.357 e. The zero-order chi connectivity index (χ0) is 15.5. The predicted molar refractivity (Wildman–Crippen MR) is 79.4 cm³/mol. The molecule has 0 saturated heterocycles. The van der Waals surface area contributed by atoms with Crippen molar-refractivity contribution >= 4 is 28.5 Å². The van der Waals surface area contributed by atoms with E-state index < -0.39 is 5.97 Å². The molecule has 0 spiro atoms. The Balaban J connectivity index is 2.92. The van der Waals surface area contributed by atoms with Crippen LogP contribution in [0, 0.1) is 0 Å². The number of amides is 2. The van der Waals surface area contributed by atoms with Crippen LogP contribution in [-0.2, 0) is 4.74 Å². The summed E-state index contributed by atoms with van der Waals surface area (Å²) in [7, 11) is 1.31. The van der Waals surface area contributed by atoms with Crippen molar-refractivity contribution in [1.82, 2.24) is 10.3 Å². The zero-order valence-electron chi connectivity index (χ0n) is 12.7. The number of rotatable bonds is 3. The topological polar surface area (TPSA) is 80.3 Å². The highest BCUT2D eigenvalue weighted by Crippen LogP contribution is 2.30. The van der Waals surface area contributed by atoms with E-state index in [-0.39, 0.29) is 23.2 Å². The highest BCUT2D eigenvalue weighted by atomic mass is 32.1. The third kappa shape index (κ3) is 4.48. The Kier molecular flexibility index (Phi) is 5.10. The lowest BCUT2D eigenvalue weighted by Gasteiger charge is -2.20. The summed E-state index contributed by atoms with van der Waals surface area (Å²) in [4.78, 5) is 28.4. The van der Waals surface area contributed by atoms with E-state index in [0.717, 1.165) is 4.88 Å². The number of esters is 1. The Morgan fingerprint density at radius 3 is 2.35 bits per heavy atom. The number of aromatic nitrogens is 1. The Hall–Kier alpha value is -1.63. The fourth-order valence-corrected chi connectivity index (χ4v) is 2.44. The number of carbonyl (C=O) groups excluding carboxylic acids is 2. The minimum Gasteiger partial charge on any atom is -0.464 e. The van der Waals surface area contributed by atoms with Crippen LogP contribution in [0.4, 0.5) is 9.93 Å². The van der Waals surface area contributed by atoms with Crippen LogP contribution in [0.15, 0.2) is 0 Å². The summed E-state index contributed by atoms with van der Waals surface area (Å²) in [6, 6.07) is -0.349. The first-order valence-corrected chi connectivity index (χ1v) is 7.14. The van der Waals surface area contributed by atoms with Gasteiger partial charge in [0.2, 0.25) is 0 Å². The molecule has 1 heterocycles. The van der Waals surface area contributed by atoms with E-state index in [4.69, 9.17) is 4.74 Å². The maximum absolute atomic E-state index is 11.8. The molecule has 0 fully saturated rings. The van der Waals surface area contributed by atoms with Crippen LogP contribution < -0.4 is 10.6 Å². The number of urea groups is 1. The van der Waals surface area contributed by atoms with Crippen molar-refractivity contribution in [2.75, 3.05) is 12.4 Å². The molecule has 0 unspecified atom stereocenters. The molecule has 112 valence electrons. The van der Waals surface area contributed by atoms with Crippen LogP contribution in [-0.4, -0.2) is 29.6 Å². The highest BCUT2D eigenvalue weighted by molar-refractivity contribution is 7.16. The lowest BCUT2D eigenvalue weighted by Crippen LogP contribution is -2.43. The van der Waals surface area contributed by atoms with Gasteiger partial charge in [0.05, 0.1) is 7.11 Å². The van der Waals surface area contributed by atoms with E-state index in [1.54, 1.807) is 0 Å². The number of nitrogens with zero attached hydrogens (tertiary/aromatic N) is 1. The van der Waals surface area contributed by atoms with Crippen molar-refractivity contribution in [1.29, 1.82) is 0 Å². The first kappa shape index (κ1) is 16.4. The molecular formula is C13H21N3O3S. The fourth-order valence-electron chi connectivity index (χ4n) is 1.49. The predicted octanol–water partition coefficient (Wildman–Crippen LogP) is 2.97. The van der Waals surface area contributed by atoms with Crippen LogP contribution in [0.5, 0.6) is 0 Å². The number of carbonyl (C=O) groups is 2. The molecule has 2 amide bonds. The first-order chi connectivity index (χ1) is 9.14. The van der Waals surface area contributed by atoms with Crippen molar-refractivity contribution in [3.05, 3.63) is 10.6 Å². The summed E-state index contributed by atoms with van der Waals surface area (Å²) in [6.45, 7) is 9.56. The van der Waals surface area contributed by atoms with E-state index in [0.29, 0.717) is 5.13 Å². The van der Waals surface area contributed by atoms with Crippen LogP contribution in [0.25, 0.3) is 0 Å². The highest BCUT2D eigenvalue weighted by Gasteiger charge is 2.22. The Bertz CT molecular complexity index is 503. The standard InChI is InChI=1S/C13H21N3O3S/c1-7(2)9-8(10(17)19-6)14-12(20-9)15-11(18)16-13(3,4)5/h7H,1-6H3,(H2,14,15,16,18). The van der Waals surface area contributed by atoms with Gasteiger partial charge >= 0.3 is 12.0 Å². The van der Waals surface area contributed by atoms with Crippen molar-refractivity contribution in [3.63, 3.8) is 0 Å². The molecule has 0 aliphatic heterocycles. The second-order valence-corrected chi connectivity index (χ2v) is 6.74. The maximum Gasteiger partial charge on any atom is 0.357 e. The summed E-state index contributed by atoms with van der Waals surface area (Å²) in [5, 5.41) is 5.80. The monoisotopic (exact) mass is 299 g/mol. The van der Waals surface area contributed by atoms with Crippen LogP contribution in [0.3, 0.4) is 0 Å². The summed E-state index contributed by atoms with van der Waals surface area (Å²) < 4.78 is 4.70. The van der Waals surface area contributed by atoms with Gasteiger partial charge in [-0.15, -0.1) is 11.3 Å². The maximum atomic E-state index is 11.8. The average Bonchev–Trinajstić information content (AvgIpc) is 2.69. The summed E-state index contributed by atoms with van der Waals surface area (Å²) >= 11 is 1.28. The van der Waals surface area contributed by atoms with Crippen molar-refractivity contribution in [3.8, 4) is 0 Å². The minimum atomic E-state index is -0.491. The van der Waals surface area contributed by atoms with Gasteiger partial charge in [-0.1, -0.05) is 13.8 Å². The van der Waals surface area contributed by atoms with Crippen molar-refractivity contribution in [2.45, 2.75) is 46.1 Å². The van der Waals surface area contributed by atoms with E-state index >= 15 is 0 Å². The van der Waals surface area contributed by atoms with E-state index in [9.17, 15) is 9.59 Å². The van der Waals surface area contributed by atoms with Crippen molar-refractivity contribution in [2.24, 2.45) is 0 Å². The molecule has 1 aromatic rings. The molecule has 0 radical (unpaired) electrons. The van der Waals surface area contributed by atoms with Gasteiger partial charge in [0.1, 0.15) is 0 Å². The quantitative estimate of drug-likeness (QED) is 0.841. The molecule has 0 aromatic carbocycles. The number of hydrogen-bond acceptors (Lipinski definition) is 5. The number of thiazole rings is 1. The molecule has 1 aromatic heterocycles. The summed E-state index contributed by atoms with van der Waals surface area (Å²) in [5.41, 5.74) is -0.0773. The lowest BCUT2D eigenvalue weighted by atomic mass is 10.1. The molecule has 6 nitrogen and oxygen atoms in total. The molecule has 20 heavy (non-hydrogen) atoms. The summed E-state index contributed by atoms with van der Waals surface area (Å²) in [5.74, 6) is -0.364. The third-order valence-corrected chi connectivity index (χ3v) is 3.54. The van der Waals surface area contributed by atoms with Crippen LogP contribution >= 0.6 is 11.3 Å². The van der Waals surface area contributed by atoms with Gasteiger partial charge in [-0.2, -0.15) is 0 Å². The van der Waals surface area contributed by atoms with Gasteiger partial charge in [-0.05, 0) is 26.7 Å². The molecule has 0 aliphatic carbocycles. The minimum absolute atomic E-state index is 0.128. The molecule has 7 heteroatoms. The number of nitrogens with one attached hydrogen (secondary N) is 2. The number of ether oxygens (including phenoxy) is 1. The normalized spacial score (nSPS) is 11.3. The SMILES string of the molecule is COC(=O)c1nc(NC(=O)NC(C)(C)C)sc1C(C)C. The largest absolute Gasteiger partial charge is 0.464 e. The zero-order valence-corrected chi connectivity index (χ0v) is 13.5. The third-order valence-electron chi connectivity index (χ3n) is 2.27. The van der Waals surface area contributed by atoms with Gasteiger partial charge in [0, 0.05) is 10.4 Å².